The first kappa shape index (κ1) is 20.4. The number of hydrogen-bond acceptors (Lipinski definition) is 3. The SMILES string of the molecule is FC1(F)CCN(CCCOc2nn(Cc3ccc(Cl)cc3)c3ccc(Cl)cc23)C1. The van der Waals surface area contributed by atoms with E-state index in [1.165, 1.54) is 0 Å². The summed E-state index contributed by atoms with van der Waals surface area (Å²) in [6.07, 6.45) is 0.592. The van der Waals surface area contributed by atoms with Crippen LogP contribution in [0.25, 0.3) is 10.9 Å². The predicted molar refractivity (Wildman–Crippen MR) is 111 cm³/mol. The lowest BCUT2D eigenvalue weighted by molar-refractivity contribution is 0.0118. The Morgan fingerprint density at radius 1 is 1.07 bits per heavy atom. The number of benzene rings is 2. The Balaban J connectivity index is 1.44. The lowest BCUT2D eigenvalue weighted by Crippen LogP contribution is -2.27. The van der Waals surface area contributed by atoms with Crippen molar-refractivity contribution in [1.29, 1.82) is 0 Å². The fraction of sp³-hybridized carbons (Fsp3) is 0.381. The molecule has 1 saturated heterocycles. The van der Waals surface area contributed by atoms with Crippen molar-refractivity contribution < 1.29 is 13.5 Å². The maximum absolute atomic E-state index is 13.3. The average Bonchev–Trinajstić information content (AvgIpc) is 3.20. The van der Waals surface area contributed by atoms with Crippen molar-refractivity contribution >= 4 is 34.1 Å². The smallest absolute Gasteiger partial charge is 0.261 e. The molecule has 0 saturated carbocycles. The largest absolute Gasteiger partial charge is 0.476 e. The molecule has 0 spiro atoms. The summed E-state index contributed by atoms with van der Waals surface area (Å²) in [5.41, 5.74) is 1.98. The number of alkyl halides is 2. The predicted octanol–water partition coefficient (Wildman–Crippen LogP) is 5.50. The topological polar surface area (TPSA) is 30.3 Å². The van der Waals surface area contributed by atoms with Crippen LogP contribution in [-0.2, 0) is 6.54 Å². The molecule has 0 amide bonds. The van der Waals surface area contributed by atoms with Crippen molar-refractivity contribution in [2.45, 2.75) is 25.3 Å². The molecule has 1 aliphatic rings. The molecule has 0 aliphatic carbocycles. The highest BCUT2D eigenvalue weighted by molar-refractivity contribution is 6.31. The fourth-order valence-corrected chi connectivity index (χ4v) is 3.86. The molecule has 29 heavy (non-hydrogen) atoms. The summed E-state index contributed by atoms with van der Waals surface area (Å²) in [6.45, 7) is 1.82. The van der Waals surface area contributed by atoms with Gasteiger partial charge in [0.25, 0.3) is 5.92 Å². The second-order valence-corrected chi connectivity index (χ2v) is 8.21. The van der Waals surface area contributed by atoms with Gasteiger partial charge in [-0.15, -0.1) is 5.10 Å². The number of halogens is 4. The normalized spacial score (nSPS) is 16.6. The number of likely N-dealkylation sites (tertiary alicyclic amines) is 1. The van der Waals surface area contributed by atoms with Crippen LogP contribution in [0.3, 0.4) is 0 Å². The van der Waals surface area contributed by atoms with Crippen molar-refractivity contribution in [2.24, 2.45) is 0 Å². The second kappa shape index (κ2) is 8.46. The zero-order chi connectivity index (χ0) is 20.4. The van der Waals surface area contributed by atoms with E-state index in [2.05, 4.69) is 5.10 Å². The summed E-state index contributed by atoms with van der Waals surface area (Å²) < 4.78 is 34.3. The van der Waals surface area contributed by atoms with E-state index < -0.39 is 5.92 Å². The van der Waals surface area contributed by atoms with E-state index in [9.17, 15) is 8.78 Å². The third-order valence-electron chi connectivity index (χ3n) is 5.03. The first-order valence-corrected chi connectivity index (χ1v) is 10.3. The Labute approximate surface area is 178 Å². The standard InChI is InChI=1S/C21H21Cl2F2N3O/c22-16-4-2-15(3-5-16)13-28-19-7-6-17(23)12-18(19)20(26-28)29-11-1-9-27-10-8-21(24,25)14-27/h2-7,12H,1,8-11,13-14H2. The van der Waals surface area contributed by atoms with Gasteiger partial charge >= 0.3 is 0 Å². The summed E-state index contributed by atoms with van der Waals surface area (Å²) in [6, 6.07) is 13.2. The van der Waals surface area contributed by atoms with Gasteiger partial charge in [0.1, 0.15) is 0 Å². The molecule has 2 heterocycles. The second-order valence-electron chi connectivity index (χ2n) is 7.33. The molecule has 0 radical (unpaired) electrons. The molecule has 4 nitrogen and oxygen atoms in total. The molecule has 0 atom stereocenters. The zero-order valence-electron chi connectivity index (χ0n) is 15.8. The molecule has 1 aliphatic heterocycles. The van der Waals surface area contributed by atoms with Crippen molar-refractivity contribution in [3.05, 3.63) is 58.1 Å². The van der Waals surface area contributed by atoms with Crippen molar-refractivity contribution in [3.63, 3.8) is 0 Å². The minimum Gasteiger partial charge on any atom is -0.476 e. The van der Waals surface area contributed by atoms with Crippen LogP contribution in [-0.4, -0.2) is 46.8 Å². The van der Waals surface area contributed by atoms with Gasteiger partial charge in [-0.25, -0.2) is 8.78 Å². The third kappa shape index (κ3) is 5.00. The van der Waals surface area contributed by atoms with Crippen LogP contribution in [0.5, 0.6) is 5.88 Å². The van der Waals surface area contributed by atoms with Crippen LogP contribution in [0, 0.1) is 0 Å². The van der Waals surface area contributed by atoms with Gasteiger partial charge in [-0.3, -0.25) is 9.58 Å². The molecule has 0 bridgehead atoms. The van der Waals surface area contributed by atoms with Crippen molar-refractivity contribution in [2.75, 3.05) is 26.2 Å². The van der Waals surface area contributed by atoms with Gasteiger partial charge < -0.3 is 4.74 Å². The highest BCUT2D eigenvalue weighted by atomic mass is 35.5. The van der Waals surface area contributed by atoms with Crippen molar-refractivity contribution in [1.82, 2.24) is 14.7 Å². The number of fused-ring (bicyclic) bond motifs is 1. The van der Waals surface area contributed by atoms with Gasteiger partial charge in [-0.05, 0) is 42.3 Å². The van der Waals surface area contributed by atoms with Gasteiger partial charge in [-0.1, -0.05) is 35.3 Å². The Morgan fingerprint density at radius 2 is 1.83 bits per heavy atom. The maximum atomic E-state index is 13.3. The van der Waals surface area contributed by atoms with E-state index in [-0.39, 0.29) is 13.0 Å². The highest BCUT2D eigenvalue weighted by Gasteiger charge is 2.37. The van der Waals surface area contributed by atoms with Gasteiger partial charge in [0.05, 0.1) is 30.6 Å². The number of hydrogen-bond donors (Lipinski definition) is 0. The van der Waals surface area contributed by atoms with Crippen molar-refractivity contribution in [3.8, 4) is 5.88 Å². The minimum absolute atomic E-state index is 0.0634. The number of nitrogens with zero attached hydrogens (tertiary/aromatic N) is 3. The molecule has 1 aromatic heterocycles. The Hall–Kier alpha value is -1.89. The molecule has 8 heteroatoms. The summed E-state index contributed by atoms with van der Waals surface area (Å²) in [7, 11) is 0. The van der Waals surface area contributed by atoms with Crippen LogP contribution in [0.4, 0.5) is 8.78 Å². The van der Waals surface area contributed by atoms with Gasteiger partial charge in [0, 0.05) is 29.6 Å². The van der Waals surface area contributed by atoms with Crippen LogP contribution in [0.15, 0.2) is 42.5 Å². The summed E-state index contributed by atoms with van der Waals surface area (Å²) in [4.78, 5) is 1.78. The zero-order valence-corrected chi connectivity index (χ0v) is 17.3. The molecule has 2 aromatic carbocycles. The molecule has 154 valence electrons. The molecular formula is C21H21Cl2F2N3O. The maximum Gasteiger partial charge on any atom is 0.261 e. The van der Waals surface area contributed by atoms with E-state index in [0.29, 0.717) is 48.6 Å². The van der Waals surface area contributed by atoms with Crippen LogP contribution in [0.2, 0.25) is 10.0 Å². The van der Waals surface area contributed by atoms with E-state index >= 15 is 0 Å². The quantitative estimate of drug-likeness (QED) is 0.455. The average molecular weight is 440 g/mol. The van der Waals surface area contributed by atoms with Crippen LogP contribution >= 0.6 is 23.2 Å². The first-order chi connectivity index (χ1) is 13.9. The fourth-order valence-electron chi connectivity index (χ4n) is 3.57. The summed E-state index contributed by atoms with van der Waals surface area (Å²) in [5, 5.41) is 6.73. The first-order valence-electron chi connectivity index (χ1n) is 9.53. The van der Waals surface area contributed by atoms with E-state index in [0.717, 1.165) is 16.5 Å². The van der Waals surface area contributed by atoms with Gasteiger partial charge in [-0.2, -0.15) is 0 Å². The molecule has 0 unspecified atom stereocenters. The summed E-state index contributed by atoms with van der Waals surface area (Å²) >= 11 is 12.1. The Kier molecular flexibility index (Phi) is 5.95. The van der Waals surface area contributed by atoms with Gasteiger partial charge in [0.2, 0.25) is 5.88 Å². The lowest BCUT2D eigenvalue weighted by atomic mass is 10.2. The molecule has 3 aromatic rings. The molecular weight excluding hydrogens is 419 g/mol. The Morgan fingerprint density at radius 3 is 2.55 bits per heavy atom. The minimum atomic E-state index is -2.56. The molecule has 0 N–H and O–H groups in total. The van der Waals surface area contributed by atoms with Gasteiger partial charge in [0.15, 0.2) is 0 Å². The van der Waals surface area contributed by atoms with E-state index in [4.69, 9.17) is 27.9 Å². The number of rotatable bonds is 7. The van der Waals surface area contributed by atoms with E-state index in [1.807, 2.05) is 47.1 Å². The monoisotopic (exact) mass is 439 g/mol. The third-order valence-corrected chi connectivity index (χ3v) is 5.52. The number of aromatic nitrogens is 2. The number of ether oxygens (including phenoxy) is 1. The molecule has 1 fully saturated rings. The lowest BCUT2D eigenvalue weighted by Gasteiger charge is -2.15. The summed E-state index contributed by atoms with van der Waals surface area (Å²) in [5.74, 6) is -2.06. The van der Waals surface area contributed by atoms with Crippen LogP contribution < -0.4 is 4.74 Å². The van der Waals surface area contributed by atoms with Crippen LogP contribution in [0.1, 0.15) is 18.4 Å². The molecule has 4 rings (SSSR count). The van der Waals surface area contributed by atoms with E-state index in [1.54, 1.807) is 4.90 Å². The highest BCUT2D eigenvalue weighted by Crippen LogP contribution is 2.29. The Bertz CT molecular complexity index is 992.